The number of nitrogens with one attached hydrogen (secondary N) is 1. The first-order chi connectivity index (χ1) is 8.66. The Labute approximate surface area is 113 Å². The first-order valence-corrected chi connectivity index (χ1v) is 7.04. The monoisotopic (exact) mass is 261 g/mol. The van der Waals surface area contributed by atoms with Crippen LogP contribution in [0.3, 0.4) is 0 Å². The van der Waals surface area contributed by atoms with Crippen LogP contribution in [0.4, 0.5) is 0 Å². The molecule has 0 aromatic rings. The molecule has 0 radical (unpaired) electrons. The van der Waals surface area contributed by atoms with Crippen molar-refractivity contribution in [3.05, 3.63) is 0 Å². The number of rotatable bonds is 12. The van der Waals surface area contributed by atoms with Gasteiger partial charge in [-0.05, 0) is 46.0 Å². The highest BCUT2D eigenvalue weighted by atomic mass is 16.5. The molecule has 0 bridgehead atoms. The van der Waals surface area contributed by atoms with Crippen LogP contribution in [0.15, 0.2) is 0 Å². The second-order valence-electron chi connectivity index (χ2n) is 4.78. The minimum atomic E-state index is 0. The van der Waals surface area contributed by atoms with Crippen LogP contribution < -0.4 is 5.32 Å². The van der Waals surface area contributed by atoms with E-state index >= 15 is 0 Å². The maximum Gasteiger partial charge on any atom is 0.219 e. The van der Waals surface area contributed by atoms with Crippen LogP contribution in [-0.2, 0) is 14.3 Å². The van der Waals surface area contributed by atoms with Crippen molar-refractivity contribution >= 4 is 5.91 Å². The Morgan fingerprint density at radius 3 is 2.50 bits per heavy atom. The molecule has 0 aliphatic rings. The van der Waals surface area contributed by atoms with Gasteiger partial charge in [0.2, 0.25) is 5.91 Å². The number of amides is 1. The third kappa shape index (κ3) is 13.5. The summed E-state index contributed by atoms with van der Waals surface area (Å²) in [5, 5.41) is 2.94. The number of unbranched alkanes of at least 4 members (excludes halogenated alkanes) is 3. The average Bonchev–Trinajstić information content (AvgIpc) is 2.33. The molecule has 0 saturated heterocycles. The van der Waals surface area contributed by atoms with Gasteiger partial charge in [0.25, 0.3) is 0 Å². The molecule has 0 aromatic heterocycles. The molecule has 0 heterocycles. The molecule has 0 fully saturated rings. The summed E-state index contributed by atoms with van der Waals surface area (Å²) in [5.74, 6) is 0.159. The Hall–Kier alpha value is -0.610. The quantitative estimate of drug-likeness (QED) is 0.550. The van der Waals surface area contributed by atoms with Crippen molar-refractivity contribution < 1.29 is 15.7 Å². The number of ether oxygens (including phenoxy) is 2. The molecule has 1 N–H and O–H groups in total. The molecular weight excluding hydrogens is 230 g/mol. The van der Waals surface area contributed by atoms with Crippen molar-refractivity contribution in [3.8, 4) is 0 Å². The van der Waals surface area contributed by atoms with Crippen LogP contribution >= 0.6 is 0 Å². The van der Waals surface area contributed by atoms with E-state index in [2.05, 4.69) is 5.32 Å². The molecule has 4 heteroatoms. The van der Waals surface area contributed by atoms with E-state index in [0.29, 0.717) is 6.42 Å². The van der Waals surface area contributed by atoms with E-state index < -0.39 is 0 Å². The highest BCUT2D eigenvalue weighted by molar-refractivity contribution is 5.75. The maximum atomic E-state index is 11.5. The largest absolute Gasteiger partial charge is 0.385 e. The van der Waals surface area contributed by atoms with Crippen molar-refractivity contribution in [1.82, 2.24) is 5.32 Å². The Bertz CT molecular complexity index is 201. The van der Waals surface area contributed by atoms with E-state index in [0.717, 1.165) is 51.9 Å². The van der Waals surface area contributed by atoms with E-state index in [1.54, 1.807) is 7.11 Å². The van der Waals surface area contributed by atoms with Gasteiger partial charge in [-0.15, -0.1) is 0 Å². The van der Waals surface area contributed by atoms with E-state index in [-0.39, 0.29) is 13.4 Å². The van der Waals surface area contributed by atoms with Crippen LogP contribution in [0, 0.1) is 0 Å². The molecule has 0 saturated carbocycles. The molecular formula is C14H31NO3. The van der Waals surface area contributed by atoms with Crippen LogP contribution in [-0.4, -0.2) is 38.9 Å². The van der Waals surface area contributed by atoms with Gasteiger partial charge in [-0.3, -0.25) is 4.79 Å². The van der Waals surface area contributed by atoms with Gasteiger partial charge in [0.1, 0.15) is 0 Å². The van der Waals surface area contributed by atoms with Gasteiger partial charge in [-0.2, -0.15) is 0 Å². The van der Waals surface area contributed by atoms with E-state index in [1.165, 1.54) is 0 Å². The zero-order valence-electron chi connectivity index (χ0n) is 12.2. The summed E-state index contributed by atoms with van der Waals surface area (Å²) in [7, 11) is 1.71. The molecule has 0 aliphatic heterocycles. The minimum Gasteiger partial charge on any atom is -0.385 e. The van der Waals surface area contributed by atoms with Gasteiger partial charge in [-0.1, -0.05) is 0 Å². The molecule has 0 aromatic carbocycles. The lowest BCUT2D eigenvalue weighted by Gasteiger charge is -2.07. The standard InChI is InChI=1S/C14H29NO3.H2/c1-13(2)18-12-8-5-9-14(16)15-10-6-4-7-11-17-3;/h13H,4-12H2,1-3H3,(H,15,16);1H. The van der Waals surface area contributed by atoms with Crippen LogP contribution in [0.5, 0.6) is 0 Å². The molecule has 4 nitrogen and oxygen atoms in total. The van der Waals surface area contributed by atoms with Crippen LogP contribution in [0.1, 0.15) is 53.8 Å². The SMILES string of the molecule is COCCCCCNC(=O)CCCCOC(C)C.[HH]. The molecule has 110 valence electrons. The predicted molar refractivity (Wildman–Crippen MR) is 75.8 cm³/mol. The number of hydrogen-bond acceptors (Lipinski definition) is 3. The first-order valence-electron chi connectivity index (χ1n) is 7.04. The summed E-state index contributed by atoms with van der Waals surface area (Å²) in [6, 6.07) is 0. The fourth-order valence-corrected chi connectivity index (χ4v) is 1.57. The number of carbonyl (C=O) groups excluding carboxylic acids is 1. The van der Waals surface area contributed by atoms with Gasteiger partial charge in [-0.25, -0.2) is 0 Å². The molecule has 1 amide bonds. The Morgan fingerprint density at radius 2 is 1.83 bits per heavy atom. The number of hydrogen-bond donors (Lipinski definition) is 1. The highest BCUT2D eigenvalue weighted by Gasteiger charge is 2.00. The summed E-state index contributed by atoms with van der Waals surface area (Å²) < 4.78 is 10.4. The second kappa shape index (κ2) is 12.8. The van der Waals surface area contributed by atoms with Crippen molar-refractivity contribution in [1.29, 1.82) is 0 Å². The van der Waals surface area contributed by atoms with E-state index in [4.69, 9.17) is 9.47 Å². The second-order valence-corrected chi connectivity index (χ2v) is 4.78. The Morgan fingerprint density at radius 1 is 1.11 bits per heavy atom. The lowest BCUT2D eigenvalue weighted by molar-refractivity contribution is -0.121. The van der Waals surface area contributed by atoms with E-state index in [1.807, 2.05) is 13.8 Å². The normalized spacial score (nSPS) is 10.9. The van der Waals surface area contributed by atoms with Gasteiger partial charge >= 0.3 is 0 Å². The molecule has 18 heavy (non-hydrogen) atoms. The maximum absolute atomic E-state index is 11.5. The molecule has 0 spiro atoms. The molecule has 0 aliphatic carbocycles. The zero-order valence-corrected chi connectivity index (χ0v) is 12.2. The smallest absolute Gasteiger partial charge is 0.219 e. The predicted octanol–water partition coefficient (Wildman–Crippen LogP) is 2.76. The van der Waals surface area contributed by atoms with Gasteiger partial charge < -0.3 is 14.8 Å². The molecule has 0 unspecified atom stereocenters. The third-order valence-electron chi connectivity index (χ3n) is 2.60. The summed E-state index contributed by atoms with van der Waals surface area (Å²) in [5.41, 5.74) is 0. The van der Waals surface area contributed by atoms with Gasteiger partial charge in [0.15, 0.2) is 0 Å². The van der Waals surface area contributed by atoms with Crippen molar-refractivity contribution in [3.63, 3.8) is 0 Å². The Kier molecular flexibility index (Phi) is 12.4. The molecule has 0 rings (SSSR count). The Balaban J connectivity index is 0. The lowest BCUT2D eigenvalue weighted by atomic mass is 10.2. The van der Waals surface area contributed by atoms with Crippen LogP contribution in [0.2, 0.25) is 0 Å². The lowest BCUT2D eigenvalue weighted by Crippen LogP contribution is -2.24. The fourth-order valence-electron chi connectivity index (χ4n) is 1.57. The third-order valence-corrected chi connectivity index (χ3v) is 2.60. The number of methoxy groups -OCH3 is 1. The van der Waals surface area contributed by atoms with Gasteiger partial charge in [0.05, 0.1) is 6.10 Å². The summed E-state index contributed by atoms with van der Waals surface area (Å²) in [4.78, 5) is 11.5. The summed E-state index contributed by atoms with van der Waals surface area (Å²) in [6.07, 6.45) is 5.97. The molecule has 0 atom stereocenters. The van der Waals surface area contributed by atoms with Crippen molar-refractivity contribution in [2.45, 2.75) is 58.5 Å². The minimum absolute atomic E-state index is 0. The number of carbonyl (C=O) groups is 1. The van der Waals surface area contributed by atoms with Gasteiger partial charge in [0, 0.05) is 34.7 Å². The summed E-state index contributed by atoms with van der Waals surface area (Å²) in [6.45, 7) is 6.39. The fraction of sp³-hybridized carbons (Fsp3) is 0.929. The van der Waals surface area contributed by atoms with Crippen LogP contribution in [0.25, 0.3) is 0 Å². The first kappa shape index (κ1) is 17.4. The topological polar surface area (TPSA) is 47.6 Å². The van der Waals surface area contributed by atoms with Crippen molar-refractivity contribution in [2.75, 3.05) is 26.9 Å². The highest BCUT2D eigenvalue weighted by Crippen LogP contribution is 1.99. The average molecular weight is 261 g/mol. The zero-order chi connectivity index (χ0) is 13.6. The summed E-state index contributed by atoms with van der Waals surface area (Å²) >= 11 is 0. The van der Waals surface area contributed by atoms with Crippen molar-refractivity contribution in [2.24, 2.45) is 0 Å². The van der Waals surface area contributed by atoms with E-state index in [9.17, 15) is 4.79 Å².